The van der Waals surface area contributed by atoms with E-state index < -0.39 is 0 Å². The third-order valence-corrected chi connectivity index (χ3v) is 5.27. The highest BCUT2D eigenvalue weighted by molar-refractivity contribution is 8.00. The fourth-order valence-corrected chi connectivity index (χ4v) is 3.65. The lowest BCUT2D eigenvalue weighted by Gasteiger charge is -2.18. The van der Waals surface area contributed by atoms with Crippen LogP contribution in [0.2, 0.25) is 0 Å². The second-order valence-corrected chi connectivity index (χ2v) is 7.15. The number of amides is 1. The molecule has 0 unspecified atom stereocenters. The minimum Gasteiger partial charge on any atom is -0.486 e. The number of carbonyl (C=O) groups is 1. The van der Waals surface area contributed by atoms with Crippen LogP contribution in [0.25, 0.3) is 0 Å². The molecule has 1 amide bonds. The molecule has 25 heavy (non-hydrogen) atoms. The quantitative estimate of drug-likeness (QED) is 0.778. The molecule has 0 bridgehead atoms. The lowest BCUT2D eigenvalue weighted by Crippen LogP contribution is -2.15. The maximum absolute atomic E-state index is 12.2. The van der Waals surface area contributed by atoms with Gasteiger partial charge in [-0.3, -0.25) is 4.79 Å². The van der Waals surface area contributed by atoms with E-state index in [4.69, 9.17) is 14.7 Å². The third kappa shape index (κ3) is 4.84. The first-order chi connectivity index (χ1) is 12.3. The van der Waals surface area contributed by atoms with Crippen molar-refractivity contribution in [3.8, 4) is 17.6 Å². The van der Waals surface area contributed by atoms with Gasteiger partial charge in [0.1, 0.15) is 13.2 Å². The summed E-state index contributed by atoms with van der Waals surface area (Å²) in [6.07, 6.45) is 0. The number of para-hydroxylation sites is 1. The van der Waals surface area contributed by atoms with Gasteiger partial charge in [-0.25, -0.2) is 0 Å². The van der Waals surface area contributed by atoms with Crippen molar-refractivity contribution in [1.29, 1.82) is 5.26 Å². The molecule has 1 heterocycles. The molecule has 1 aliphatic rings. The number of nitrogens with one attached hydrogen (secondary N) is 1. The predicted molar refractivity (Wildman–Crippen MR) is 99.6 cm³/mol. The van der Waals surface area contributed by atoms with Gasteiger partial charge in [0.25, 0.3) is 0 Å². The Morgan fingerprint density at radius 2 is 1.92 bits per heavy atom. The number of nitrogens with zero attached hydrogens (tertiary/aromatic N) is 1. The molecule has 0 saturated carbocycles. The van der Waals surface area contributed by atoms with Crippen molar-refractivity contribution in [1.82, 2.24) is 0 Å². The molecule has 0 spiro atoms. The molecule has 128 valence electrons. The molecule has 0 aliphatic carbocycles. The van der Waals surface area contributed by atoms with Gasteiger partial charge in [-0.2, -0.15) is 5.26 Å². The maximum Gasteiger partial charge on any atom is 0.234 e. The summed E-state index contributed by atoms with van der Waals surface area (Å²) in [6.45, 7) is 1.10. The van der Waals surface area contributed by atoms with E-state index in [1.807, 2.05) is 42.5 Å². The summed E-state index contributed by atoms with van der Waals surface area (Å²) < 4.78 is 11.0. The van der Waals surface area contributed by atoms with Gasteiger partial charge >= 0.3 is 0 Å². The second-order valence-electron chi connectivity index (χ2n) is 5.09. The molecule has 0 radical (unpaired) electrons. The van der Waals surface area contributed by atoms with E-state index in [9.17, 15) is 4.79 Å². The van der Waals surface area contributed by atoms with Crippen LogP contribution >= 0.6 is 23.5 Å². The van der Waals surface area contributed by atoms with Crippen molar-refractivity contribution < 1.29 is 14.3 Å². The Morgan fingerprint density at radius 3 is 2.76 bits per heavy atom. The number of rotatable bonds is 6. The molecule has 7 heteroatoms. The van der Waals surface area contributed by atoms with Crippen molar-refractivity contribution in [3.05, 3.63) is 42.5 Å². The average Bonchev–Trinajstić information content (AvgIpc) is 2.65. The van der Waals surface area contributed by atoms with Gasteiger partial charge in [-0.1, -0.05) is 12.1 Å². The molecule has 3 rings (SSSR count). The number of fused-ring (bicyclic) bond motifs is 1. The van der Waals surface area contributed by atoms with Crippen molar-refractivity contribution in [2.75, 3.05) is 30.0 Å². The smallest absolute Gasteiger partial charge is 0.234 e. The zero-order valence-corrected chi connectivity index (χ0v) is 15.0. The molecular weight excluding hydrogens is 356 g/mol. The van der Waals surface area contributed by atoms with Crippen LogP contribution in [0.3, 0.4) is 0 Å². The molecule has 1 aliphatic heterocycles. The van der Waals surface area contributed by atoms with Crippen LogP contribution in [-0.2, 0) is 4.79 Å². The summed E-state index contributed by atoms with van der Waals surface area (Å²) >= 11 is 2.84. The first-order valence-electron chi connectivity index (χ1n) is 7.67. The van der Waals surface area contributed by atoms with Crippen molar-refractivity contribution in [2.45, 2.75) is 9.79 Å². The predicted octanol–water partition coefficient (Wildman–Crippen LogP) is 3.80. The van der Waals surface area contributed by atoms with E-state index in [1.54, 1.807) is 0 Å². The first-order valence-corrected chi connectivity index (χ1v) is 9.64. The fourth-order valence-electron chi connectivity index (χ4n) is 2.25. The van der Waals surface area contributed by atoms with Crippen LogP contribution in [-0.4, -0.2) is 30.6 Å². The summed E-state index contributed by atoms with van der Waals surface area (Å²) in [5.41, 5.74) is 0.732. The number of carbonyl (C=O) groups excluding carboxylic acids is 1. The topological polar surface area (TPSA) is 71.4 Å². The Bertz CT molecular complexity index is 805. The SMILES string of the molecule is N#CCSc1ccccc1NC(=O)CSc1ccc2c(c1)OCCO2. The van der Waals surface area contributed by atoms with Crippen molar-refractivity contribution in [3.63, 3.8) is 0 Å². The largest absolute Gasteiger partial charge is 0.486 e. The number of anilines is 1. The second kappa shape index (κ2) is 8.70. The van der Waals surface area contributed by atoms with Gasteiger partial charge in [0, 0.05) is 9.79 Å². The highest BCUT2D eigenvalue weighted by Gasteiger charge is 2.13. The highest BCUT2D eigenvalue weighted by Crippen LogP contribution is 2.34. The Labute approximate surface area is 154 Å². The monoisotopic (exact) mass is 372 g/mol. The molecule has 0 saturated heterocycles. The number of hydrogen-bond acceptors (Lipinski definition) is 6. The Kier molecular flexibility index (Phi) is 6.09. The lowest BCUT2D eigenvalue weighted by atomic mass is 10.3. The summed E-state index contributed by atoms with van der Waals surface area (Å²) in [5, 5.41) is 11.6. The minimum atomic E-state index is -0.0927. The van der Waals surface area contributed by atoms with E-state index in [0.29, 0.717) is 19.0 Å². The maximum atomic E-state index is 12.2. The molecule has 0 fully saturated rings. The zero-order chi connectivity index (χ0) is 17.5. The molecule has 2 aromatic carbocycles. The van der Waals surface area contributed by atoms with E-state index in [2.05, 4.69) is 11.4 Å². The molecule has 1 N–H and O–H groups in total. The van der Waals surface area contributed by atoms with Crippen LogP contribution in [0.15, 0.2) is 52.3 Å². The van der Waals surface area contributed by atoms with Gasteiger partial charge in [0.15, 0.2) is 11.5 Å². The van der Waals surface area contributed by atoms with E-state index in [1.165, 1.54) is 23.5 Å². The van der Waals surface area contributed by atoms with E-state index in [-0.39, 0.29) is 11.7 Å². The van der Waals surface area contributed by atoms with Crippen LogP contribution in [0, 0.1) is 11.3 Å². The Hall–Kier alpha value is -2.30. The summed E-state index contributed by atoms with van der Waals surface area (Å²) in [7, 11) is 0. The van der Waals surface area contributed by atoms with Crippen molar-refractivity contribution >= 4 is 35.1 Å². The van der Waals surface area contributed by atoms with Gasteiger partial charge in [-0.15, -0.1) is 23.5 Å². The Balaban J connectivity index is 1.57. The van der Waals surface area contributed by atoms with Crippen LogP contribution in [0.1, 0.15) is 0 Å². The van der Waals surface area contributed by atoms with Crippen LogP contribution in [0.4, 0.5) is 5.69 Å². The molecule has 2 aromatic rings. The first kappa shape index (κ1) is 17.5. The molecule has 5 nitrogen and oxygen atoms in total. The highest BCUT2D eigenvalue weighted by atomic mass is 32.2. The summed E-state index contributed by atoms with van der Waals surface area (Å²) in [5.74, 6) is 2.00. The van der Waals surface area contributed by atoms with Crippen LogP contribution < -0.4 is 14.8 Å². The zero-order valence-electron chi connectivity index (χ0n) is 13.4. The van der Waals surface area contributed by atoms with Gasteiger partial charge in [-0.05, 0) is 30.3 Å². The standard InChI is InChI=1S/C18H16N2O3S2/c19-7-10-24-17-4-2-1-3-14(17)20-18(21)12-25-13-5-6-15-16(11-13)23-9-8-22-15/h1-6,11H,8-10,12H2,(H,20,21). The Morgan fingerprint density at radius 1 is 1.12 bits per heavy atom. The summed E-state index contributed by atoms with van der Waals surface area (Å²) in [4.78, 5) is 14.1. The van der Waals surface area contributed by atoms with E-state index in [0.717, 1.165) is 27.0 Å². The molecular formula is C18H16N2O3S2. The van der Waals surface area contributed by atoms with Gasteiger partial charge < -0.3 is 14.8 Å². The fraction of sp³-hybridized carbons (Fsp3) is 0.222. The normalized spacial score (nSPS) is 12.3. The number of ether oxygens (including phenoxy) is 2. The number of hydrogen-bond donors (Lipinski definition) is 1. The lowest BCUT2D eigenvalue weighted by molar-refractivity contribution is -0.113. The molecule has 0 atom stereocenters. The van der Waals surface area contributed by atoms with Gasteiger partial charge in [0.05, 0.1) is 23.3 Å². The van der Waals surface area contributed by atoms with E-state index >= 15 is 0 Å². The number of thioether (sulfide) groups is 2. The van der Waals surface area contributed by atoms with Crippen LogP contribution in [0.5, 0.6) is 11.5 Å². The summed E-state index contributed by atoms with van der Waals surface area (Å²) in [6, 6.07) is 15.3. The average molecular weight is 372 g/mol. The van der Waals surface area contributed by atoms with Crippen molar-refractivity contribution in [2.24, 2.45) is 0 Å². The number of nitriles is 1. The van der Waals surface area contributed by atoms with Gasteiger partial charge in [0.2, 0.25) is 5.91 Å². The number of benzene rings is 2. The molecule has 0 aromatic heterocycles. The third-order valence-electron chi connectivity index (χ3n) is 3.34. The minimum absolute atomic E-state index is 0.0927.